The van der Waals surface area contributed by atoms with E-state index in [1.54, 1.807) is 6.07 Å². The molecule has 0 radical (unpaired) electrons. The summed E-state index contributed by atoms with van der Waals surface area (Å²) in [4.78, 5) is 2.88. The molecule has 0 spiro atoms. The summed E-state index contributed by atoms with van der Waals surface area (Å²) in [5.41, 5.74) is 8.40. The van der Waals surface area contributed by atoms with Crippen molar-refractivity contribution in [3.63, 3.8) is 0 Å². The fraction of sp³-hybridized carbons (Fsp3) is 0.455. The van der Waals surface area contributed by atoms with E-state index in [2.05, 4.69) is 10.0 Å². The number of rotatable bonds is 3. The smallest absolute Gasteiger partial charge is 0.243 e. The molecule has 1 unspecified atom stereocenters. The summed E-state index contributed by atoms with van der Waals surface area (Å²) >= 11 is 0. The van der Waals surface area contributed by atoms with E-state index >= 15 is 0 Å². The highest BCUT2D eigenvalue weighted by Gasteiger charge is 2.33. The van der Waals surface area contributed by atoms with Crippen LogP contribution in [0.5, 0.6) is 11.5 Å². The van der Waals surface area contributed by atoms with E-state index in [0.717, 1.165) is 0 Å². The summed E-state index contributed by atoms with van der Waals surface area (Å²) < 4.78 is 36.6. The Balaban J connectivity index is 1.87. The van der Waals surface area contributed by atoms with E-state index in [-0.39, 0.29) is 24.3 Å². The van der Waals surface area contributed by atoms with Crippen molar-refractivity contribution in [3.8, 4) is 11.5 Å². The number of hydrogen-bond acceptors (Lipinski definition) is 5. The fourth-order valence-corrected chi connectivity index (χ4v) is 3.79. The first-order chi connectivity index (χ1) is 9.61. The molecule has 0 bridgehead atoms. The highest BCUT2D eigenvalue weighted by atomic mass is 32.2. The summed E-state index contributed by atoms with van der Waals surface area (Å²) in [5.74, 6) is 0.967. The molecule has 2 heterocycles. The maximum atomic E-state index is 12.5. The van der Waals surface area contributed by atoms with Crippen LogP contribution in [0.15, 0.2) is 28.2 Å². The van der Waals surface area contributed by atoms with Crippen LogP contribution in [0, 0.1) is 0 Å². The predicted molar refractivity (Wildman–Crippen MR) is 68.9 cm³/mol. The van der Waals surface area contributed by atoms with Gasteiger partial charge in [0.1, 0.15) is 0 Å². The van der Waals surface area contributed by atoms with Gasteiger partial charge < -0.3 is 9.47 Å². The second-order valence-corrected chi connectivity index (χ2v) is 6.46. The minimum atomic E-state index is -3.60. The highest BCUT2D eigenvalue weighted by Crippen LogP contribution is 2.35. The molecule has 1 fully saturated rings. The molecule has 106 valence electrons. The zero-order valence-corrected chi connectivity index (χ0v) is 11.3. The van der Waals surface area contributed by atoms with Gasteiger partial charge in [0.25, 0.3) is 0 Å². The van der Waals surface area contributed by atoms with Gasteiger partial charge in [-0.2, -0.15) is 4.31 Å². The lowest BCUT2D eigenvalue weighted by Crippen LogP contribution is -2.29. The Bertz CT molecular complexity index is 684. The molecule has 0 amide bonds. The SMILES string of the molecule is [N-]=[N+]=NC1CCN(S(=O)(=O)c2ccc3c(c2)OCO3)C1. The Labute approximate surface area is 115 Å². The van der Waals surface area contributed by atoms with E-state index in [1.165, 1.54) is 16.4 Å². The number of hydrogen-bond donors (Lipinski definition) is 0. The van der Waals surface area contributed by atoms with Crippen molar-refractivity contribution in [2.75, 3.05) is 19.9 Å². The predicted octanol–water partition coefficient (Wildman–Crippen LogP) is 1.49. The molecule has 0 aliphatic carbocycles. The largest absolute Gasteiger partial charge is 0.454 e. The molecular weight excluding hydrogens is 284 g/mol. The molecule has 1 aromatic rings. The first-order valence-electron chi connectivity index (χ1n) is 6.05. The second-order valence-electron chi connectivity index (χ2n) is 4.53. The van der Waals surface area contributed by atoms with Gasteiger partial charge in [-0.15, -0.1) is 0 Å². The maximum Gasteiger partial charge on any atom is 0.243 e. The summed E-state index contributed by atoms with van der Waals surface area (Å²) in [5, 5.41) is 3.57. The average molecular weight is 296 g/mol. The standard InChI is InChI=1S/C11H12N4O4S/c12-14-13-8-3-4-15(6-8)20(16,17)9-1-2-10-11(5-9)19-7-18-10/h1-2,5,8H,3-4,6-7H2. The molecule has 2 aliphatic heterocycles. The number of benzene rings is 1. The van der Waals surface area contributed by atoms with Crippen LogP contribution in [0.4, 0.5) is 0 Å². The topological polar surface area (TPSA) is 105 Å². The molecule has 0 aromatic heterocycles. The third kappa shape index (κ3) is 2.15. The lowest BCUT2D eigenvalue weighted by Gasteiger charge is -2.16. The van der Waals surface area contributed by atoms with Gasteiger partial charge in [-0.1, -0.05) is 5.11 Å². The third-order valence-corrected chi connectivity index (χ3v) is 5.18. The van der Waals surface area contributed by atoms with Gasteiger partial charge >= 0.3 is 0 Å². The zero-order valence-electron chi connectivity index (χ0n) is 10.5. The molecule has 2 aliphatic rings. The normalized spacial score (nSPS) is 21.7. The Hall–Kier alpha value is -1.96. The van der Waals surface area contributed by atoms with Gasteiger partial charge in [0.2, 0.25) is 16.8 Å². The van der Waals surface area contributed by atoms with Crippen LogP contribution in [0.1, 0.15) is 6.42 Å². The molecule has 9 heteroatoms. The van der Waals surface area contributed by atoms with E-state index in [9.17, 15) is 8.42 Å². The van der Waals surface area contributed by atoms with E-state index in [0.29, 0.717) is 24.5 Å². The van der Waals surface area contributed by atoms with Crippen LogP contribution in [0.25, 0.3) is 10.4 Å². The van der Waals surface area contributed by atoms with Crippen LogP contribution in [-0.2, 0) is 10.0 Å². The monoisotopic (exact) mass is 296 g/mol. The van der Waals surface area contributed by atoms with E-state index in [4.69, 9.17) is 15.0 Å². The third-order valence-electron chi connectivity index (χ3n) is 3.32. The molecular formula is C11H12N4O4S. The van der Waals surface area contributed by atoms with Gasteiger partial charge in [-0.25, -0.2) is 8.42 Å². The zero-order chi connectivity index (χ0) is 14.2. The Morgan fingerprint density at radius 1 is 1.35 bits per heavy atom. The van der Waals surface area contributed by atoms with Crippen LogP contribution in [-0.4, -0.2) is 38.6 Å². The number of sulfonamides is 1. The molecule has 3 rings (SSSR count). The molecule has 20 heavy (non-hydrogen) atoms. The van der Waals surface area contributed by atoms with Crippen molar-refractivity contribution in [3.05, 3.63) is 28.6 Å². The second kappa shape index (κ2) is 4.86. The van der Waals surface area contributed by atoms with Crippen molar-refractivity contribution >= 4 is 10.0 Å². The average Bonchev–Trinajstić information content (AvgIpc) is 3.06. The molecule has 0 saturated carbocycles. The van der Waals surface area contributed by atoms with Gasteiger partial charge in [0, 0.05) is 24.1 Å². The maximum absolute atomic E-state index is 12.5. The summed E-state index contributed by atoms with van der Waals surface area (Å²) in [6.45, 7) is 0.656. The van der Waals surface area contributed by atoms with Gasteiger partial charge in [0.15, 0.2) is 11.5 Å². The number of azide groups is 1. The van der Waals surface area contributed by atoms with Crippen molar-refractivity contribution in [1.82, 2.24) is 4.31 Å². The first-order valence-corrected chi connectivity index (χ1v) is 7.49. The van der Waals surface area contributed by atoms with E-state index < -0.39 is 10.0 Å². The quantitative estimate of drug-likeness (QED) is 0.478. The van der Waals surface area contributed by atoms with Crippen LogP contribution in [0.3, 0.4) is 0 Å². The number of nitrogens with zero attached hydrogens (tertiary/aromatic N) is 4. The van der Waals surface area contributed by atoms with Gasteiger partial charge in [-0.05, 0) is 24.1 Å². The van der Waals surface area contributed by atoms with Crippen LogP contribution >= 0.6 is 0 Å². The summed E-state index contributed by atoms with van der Waals surface area (Å²) in [7, 11) is -3.60. The lowest BCUT2D eigenvalue weighted by molar-refractivity contribution is 0.174. The Kier molecular flexibility index (Phi) is 3.17. The van der Waals surface area contributed by atoms with Crippen molar-refractivity contribution < 1.29 is 17.9 Å². The van der Waals surface area contributed by atoms with Gasteiger partial charge in [0.05, 0.1) is 10.9 Å². The summed E-state index contributed by atoms with van der Waals surface area (Å²) in [6, 6.07) is 4.22. The Morgan fingerprint density at radius 3 is 2.95 bits per heavy atom. The lowest BCUT2D eigenvalue weighted by atomic mass is 10.3. The molecule has 1 saturated heterocycles. The van der Waals surface area contributed by atoms with Crippen molar-refractivity contribution in [2.45, 2.75) is 17.4 Å². The van der Waals surface area contributed by atoms with E-state index in [1.807, 2.05) is 0 Å². The number of ether oxygens (including phenoxy) is 2. The van der Waals surface area contributed by atoms with Crippen molar-refractivity contribution in [2.24, 2.45) is 5.11 Å². The highest BCUT2D eigenvalue weighted by molar-refractivity contribution is 7.89. The molecule has 1 atom stereocenters. The minimum Gasteiger partial charge on any atom is -0.454 e. The fourth-order valence-electron chi connectivity index (χ4n) is 2.28. The molecule has 8 nitrogen and oxygen atoms in total. The van der Waals surface area contributed by atoms with Crippen LogP contribution in [0.2, 0.25) is 0 Å². The van der Waals surface area contributed by atoms with Crippen LogP contribution < -0.4 is 9.47 Å². The van der Waals surface area contributed by atoms with Crippen molar-refractivity contribution in [1.29, 1.82) is 0 Å². The molecule has 0 N–H and O–H groups in total. The minimum absolute atomic E-state index is 0.0987. The summed E-state index contributed by atoms with van der Waals surface area (Å²) in [6.07, 6.45) is 0.536. The van der Waals surface area contributed by atoms with Gasteiger partial charge in [-0.3, -0.25) is 0 Å². The number of fused-ring (bicyclic) bond motifs is 1. The molecule has 1 aromatic carbocycles. The Morgan fingerprint density at radius 2 is 2.15 bits per heavy atom. The first kappa shape index (κ1) is 13.0.